The first kappa shape index (κ1) is 16.7. The molecule has 1 aromatic heterocycles. The summed E-state index contributed by atoms with van der Waals surface area (Å²) in [5.74, 6) is 1.45. The second kappa shape index (κ2) is 7.61. The molecule has 0 spiro atoms. The molecule has 0 aliphatic heterocycles. The molecule has 3 rings (SSSR count). The topological polar surface area (TPSA) is 59.1 Å². The smallest absolute Gasteiger partial charge is 0.229 e. The summed E-state index contributed by atoms with van der Waals surface area (Å²) >= 11 is 0. The molecule has 6 heteroatoms. The highest BCUT2D eigenvalue weighted by Crippen LogP contribution is 2.27. The van der Waals surface area contributed by atoms with Gasteiger partial charge in [-0.1, -0.05) is 18.2 Å². The van der Waals surface area contributed by atoms with E-state index in [1.165, 1.54) is 12.1 Å². The molecule has 0 fully saturated rings. The van der Waals surface area contributed by atoms with Crippen molar-refractivity contribution in [3.8, 4) is 5.75 Å². The molecule has 1 heterocycles. The Morgan fingerprint density at radius 2 is 1.84 bits per heavy atom. The molecule has 0 bridgehead atoms. The Kier molecular flexibility index (Phi) is 5.09. The lowest BCUT2D eigenvalue weighted by molar-refractivity contribution is 0.342. The molecule has 0 atom stereocenters. The van der Waals surface area contributed by atoms with Crippen LogP contribution in [0.4, 0.5) is 27.5 Å². The number of rotatable bonds is 6. The molecule has 0 amide bonds. The number of halogens is 1. The van der Waals surface area contributed by atoms with Crippen LogP contribution in [0.3, 0.4) is 0 Å². The van der Waals surface area contributed by atoms with Crippen molar-refractivity contribution in [3.63, 3.8) is 0 Å². The average molecular weight is 338 g/mol. The summed E-state index contributed by atoms with van der Waals surface area (Å²) in [7, 11) is 0. The van der Waals surface area contributed by atoms with Crippen molar-refractivity contribution in [2.45, 2.75) is 13.8 Å². The Labute approximate surface area is 145 Å². The van der Waals surface area contributed by atoms with Gasteiger partial charge in [-0.25, -0.2) is 9.37 Å². The normalized spacial score (nSPS) is 10.4. The van der Waals surface area contributed by atoms with Gasteiger partial charge in [0.2, 0.25) is 5.95 Å². The molecule has 3 aromatic rings. The number of hydrogen-bond donors (Lipinski definition) is 2. The SMILES string of the molecule is CCOc1ccccc1Nc1cc(C)nc(Nc2cccc(F)c2)n1. The van der Waals surface area contributed by atoms with E-state index in [0.29, 0.717) is 24.1 Å². The van der Waals surface area contributed by atoms with Gasteiger partial charge in [-0.05, 0) is 44.2 Å². The minimum Gasteiger partial charge on any atom is -0.492 e. The molecule has 5 nitrogen and oxygen atoms in total. The second-order valence-corrected chi connectivity index (χ2v) is 5.41. The van der Waals surface area contributed by atoms with E-state index in [1.54, 1.807) is 12.1 Å². The maximum atomic E-state index is 13.3. The Bertz CT molecular complexity index is 870. The van der Waals surface area contributed by atoms with Crippen LogP contribution in [-0.2, 0) is 0 Å². The van der Waals surface area contributed by atoms with Gasteiger partial charge in [0.05, 0.1) is 12.3 Å². The highest BCUT2D eigenvalue weighted by atomic mass is 19.1. The quantitative estimate of drug-likeness (QED) is 0.675. The predicted molar refractivity (Wildman–Crippen MR) is 97.3 cm³/mol. The summed E-state index contributed by atoms with van der Waals surface area (Å²) < 4.78 is 18.9. The molecule has 0 aliphatic rings. The lowest BCUT2D eigenvalue weighted by atomic mass is 10.3. The number of anilines is 4. The summed E-state index contributed by atoms with van der Waals surface area (Å²) in [6.45, 7) is 4.39. The summed E-state index contributed by atoms with van der Waals surface area (Å²) in [4.78, 5) is 8.79. The van der Waals surface area contributed by atoms with E-state index in [2.05, 4.69) is 20.6 Å². The van der Waals surface area contributed by atoms with Crippen molar-refractivity contribution in [1.29, 1.82) is 0 Å². The minimum absolute atomic E-state index is 0.318. The van der Waals surface area contributed by atoms with E-state index >= 15 is 0 Å². The van der Waals surface area contributed by atoms with E-state index in [0.717, 1.165) is 17.1 Å². The molecule has 2 aromatic carbocycles. The van der Waals surface area contributed by atoms with Gasteiger partial charge in [0, 0.05) is 17.4 Å². The van der Waals surface area contributed by atoms with Crippen LogP contribution in [0.5, 0.6) is 5.75 Å². The molecule has 0 aliphatic carbocycles. The zero-order chi connectivity index (χ0) is 17.6. The van der Waals surface area contributed by atoms with Crippen LogP contribution >= 0.6 is 0 Å². The van der Waals surface area contributed by atoms with Gasteiger partial charge in [0.15, 0.2) is 0 Å². The van der Waals surface area contributed by atoms with Gasteiger partial charge in [-0.2, -0.15) is 4.98 Å². The summed E-state index contributed by atoms with van der Waals surface area (Å²) in [6, 6.07) is 15.6. The highest BCUT2D eigenvalue weighted by Gasteiger charge is 2.07. The van der Waals surface area contributed by atoms with Gasteiger partial charge < -0.3 is 15.4 Å². The first-order valence-corrected chi connectivity index (χ1v) is 8.01. The fraction of sp³-hybridized carbons (Fsp3) is 0.158. The predicted octanol–water partition coefficient (Wildman–Crippen LogP) is 4.81. The number of aromatic nitrogens is 2. The number of para-hydroxylation sites is 2. The van der Waals surface area contributed by atoms with E-state index in [4.69, 9.17) is 4.74 Å². The Balaban J connectivity index is 1.85. The standard InChI is InChI=1S/C19H19FN4O/c1-3-25-17-10-5-4-9-16(17)23-18-11-13(2)21-19(24-18)22-15-8-6-7-14(20)12-15/h4-12H,3H2,1-2H3,(H2,21,22,23,24). The lowest BCUT2D eigenvalue weighted by Gasteiger charge is -2.13. The number of ether oxygens (including phenoxy) is 1. The van der Waals surface area contributed by atoms with Crippen molar-refractivity contribution in [3.05, 3.63) is 66.1 Å². The third-order valence-electron chi connectivity index (χ3n) is 3.38. The molecular weight excluding hydrogens is 319 g/mol. The number of benzene rings is 2. The molecule has 25 heavy (non-hydrogen) atoms. The van der Waals surface area contributed by atoms with Crippen molar-refractivity contribution in [2.75, 3.05) is 17.2 Å². The fourth-order valence-corrected chi connectivity index (χ4v) is 2.37. The summed E-state index contributed by atoms with van der Waals surface area (Å²) in [6.07, 6.45) is 0. The summed E-state index contributed by atoms with van der Waals surface area (Å²) in [5.41, 5.74) is 2.19. The maximum Gasteiger partial charge on any atom is 0.229 e. The average Bonchev–Trinajstić information content (AvgIpc) is 2.56. The van der Waals surface area contributed by atoms with Crippen molar-refractivity contribution in [2.24, 2.45) is 0 Å². The number of aryl methyl sites for hydroxylation is 1. The molecule has 0 saturated carbocycles. The second-order valence-electron chi connectivity index (χ2n) is 5.41. The van der Waals surface area contributed by atoms with Crippen LogP contribution in [0.15, 0.2) is 54.6 Å². The van der Waals surface area contributed by atoms with Gasteiger partial charge in [0.25, 0.3) is 0 Å². The van der Waals surface area contributed by atoms with Gasteiger partial charge >= 0.3 is 0 Å². The van der Waals surface area contributed by atoms with Crippen LogP contribution in [0, 0.1) is 12.7 Å². The molecule has 0 unspecified atom stereocenters. The Hall–Kier alpha value is -3.15. The molecule has 128 valence electrons. The zero-order valence-electron chi connectivity index (χ0n) is 14.1. The zero-order valence-corrected chi connectivity index (χ0v) is 14.1. The van der Waals surface area contributed by atoms with Crippen molar-refractivity contribution in [1.82, 2.24) is 9.97 Å². The molecule has 2 N–H and O–H groups in total. The van der Waals surface area contributed by atoms with Crippen LogP contribution < -0.4 is 15.4 Å². The monoisotopic (exact) mass is 338 g/mol. The van der Waals surface area contributed by atoms with Crippen LogP contribution in [0.2, 0.25) is 0 Å². The third-order valence-corrected chi connectivity index (χ3v) is 3.38. The number of nitrogens with zero attached hydrogens (tertiary/aromatic N) is 2. The first-order chi connectivity index (χ1) is 12.1. The number of hydrogen-bond acceptors (Lipinski definition) is 5. The maximum absolute atomic E-state index is 13.3. The first-order valence-electron chi connectivity index (χ1n) is 8.01. The number of nitrogens with one attached hydrogen (secondary N) is 2. The minimum atomic E-state index is -0.318. The van der Waals surface area contributed by atoms with Crippen molar-refractivity contribution >= 4 is 23.1 Å². The molecular formula is C19H19FN4O. The van der Waals surface area contributed by atoms with E-state index in [1.807, 2.05) is 44.2 Å². The fourth-order valence-electron chi connectivity index (χ4n) is 2.37. The van der Waals surface area contributed by atoms with Crippen LogP contribution in [0.1, 0.15) is 12.6 Å². The largest absolute Gasteiger partial charge is 0.492 e. The summed E-state index contributed by atoms with van der Waals surface area (Å²) in [5, 5.41) is 6.26. The Morgan fingerprint density at radius 3 is 2.64 bits per heavy atom. The van der Waals surface area contributed by atoms with Gasteiger partial charge in [0.1, 0.15) is 17.4 Å². The van der Waals surface area contributed by atoms with Gasteiger partial charge in [-0.3, -0.25) is 0 Å². The molecule has 0 saturated heterocycles. The van der Waals surface area contributed by atoms with Crippen molar-refractivity contribution < 1.29 is 9.13 Å². The third kappa shape index (κ3) is 4.44. The lowest BCUT2D eigenvalue weighted by Crippen LogP contribution is -2.03. The Morgan fingerprint density at radius 1 is 1.00 bits per heavy atom. The van der Waals surface area contributed by atoms with E-state index in [-0.39, 0.29) is 5.82 Å². The molecule has 0 radical (unpaired) electrons. The van der Waals surface area contributed by atoms with Crippen LogP contribution in [-0.4, -0.2) is 16.6 Å². The van der Waals surface area contributed by atoms with E-state index < -0.39 is 0 Å². The highest BCUT2D eigenvalue weighted by molar-refractivity contribution is 5.65. The van der Waals surface area contributed by atoms with Gasteiger partial charge in [-0.15, -0.1) is 0 Å². The van der Waals surface area contributed by atoms with E-state index in [9.17, 15) is 4.39 Å². The van der Waals surface area contributed by atoms with Crippen LogP contribution in [0.25, 0.3) is 0 Å².